The molecule has 98 valence electrons. The van der Waals surface area contributed by atoms with Crippen LogP contribution in [0.5, 0.6) is 0 Å². The number of fused-ring (bicyclic) bond motifs is 1. The topological polar surface area (TPSA) is 36.4 Å². The minimum Gasteiger partial charge on any atom is -0.331 e. The highest BCUT2D eigenvalue weighted by Crippen LogP contribution is 2.39. The van der Waals surface area contributed by atoms with E-state index >= 15 is 0 Å². The van der Waals surface area contributed by atoms with Crippen molar-refractivity contribution in [1.29, 1.82) is 0 Å². The SMILES string of the molecule is Fc1ccc(NC(=S)N/N=C2/C[C@@H]3C=CC[C@@H]23)cc1. The number of hydrogen-bond donors (Lipinski definition) is 2. The quantitative estimate of drug-likeness (QED) is 0.495. The Morgan fingerprint density at radius 2 is 2.11 bits per heavy atom. The number of hydrazone groups is 1. The van der Waals surface area contributed by atoms with Gasteiger partial charge in [-0.1, -0.05) is 12.2 Å². The van der Waals surface area contributed by atoms with E-state index in [9.17, 15) is 4.39 Å². The van der Waals surface area contributed by atoms with Gasteiger partial charge in [0.25, 0.3) is 0 Å². The Morgan fingerprint density at radius 3 is 2.84 bits per heavy atom. The number of thiocarbonyl (C=S) groups is 1. The summed E-state index contributed by atoms with van der Waals surface area (Å²) >= 11 is 5.14. The minimum absolute atomic E-state index is 0.265. The zero-order valence-electron chi connectivity index (χ0n) is 10.3. The molecule has 0 bridgehead atoms. The van der Waals surface area contributed by atoms with Crippen LogP contribution >= 0.6 is 12.2 Å². The number of allylic oxidation sites excluding steroid dienone is 2. The van der Waals surface area contributed by atoms with E-state index < -0.39 is 0 Å². The first kappa shape index (κ1) is 12.3. The lowest BCUT2D eigenvalue weighted by atomic mass is 9.74. The number of nitrogens with one attached hydrogen (secondary N) is 2. The van der Waals surface area contributed by atoms with E-state index in [1.54, 1.807) is 12.1 Å². The third kappa shape index (κ3) is 2.66. The van der Waals surface area contributed by atoms with Crippen molar-refractivity contribution < 1.29 is 4.39 Å². The summed E-state index contributed by atoms with van der Waals surface area (Å²) in [5.74, 6) is 0.985. The maximum Gasteiger partial charge on any atom is 0.191 e. The molecule has 19 heavy (non-hydrogen) atoms. The van der Waals surface area contributed by atoms with Crippen LogP contribution in [0.2, 0.25) is 0 Å². The molecular weight excluding hydrogens is 261 g/mol. The lowest BCUT2D eigenvalue weighted by molar-refractivity contribution is 0.463. The van der Waals surface area contributed by atoms with Crippen LogP contribution in [0, 0.1) is 17.7 Å². The highest BCUT2D eigenvalue weighted by Gasteiger charge is 2.37. The summed E-state index contributed by atoms with van der Waals surface area (Å²) in [5.41, 5.74) is 4.77. The van der Waals surface area contributed by atoms with E-state index in [-0.39, 0.29) is 5.82 Å². The molecule has 5 heteroatoms. The zero-order chi connectivity index (χ0) is 13.2. The molecule has 0 aliphatic heterocycles. The molecule has 0 aromatic heterocycles. The van der Waals surface area contributed by atoms with Crippen LogP contribution in [-0.2, 0) is 0 Å². The molecular formula is C14H14FN3S. The first-order valence-corrected chi connectivity index (χ1v) is 6.69. The molecule has 0 radical (unpaired) electrons. The maximum atomic E-state index is 12.8. The molecule has 1 fully saturated rings. The van der Waals surface area contributed by atoms with Crippen LogP contribution in [-0.4, -0.2) is 10.8 Å². The predicted octanol–water partition coefficient (Wildman–Crippen LogP) is 3.06. The number of hydrogen-bond acceptors (Lipinski definition) is 2. The van der Waals surface area contributed by atoms with Gasteiger partial charge < -0.3 is 5.32 Å². The van der Waals surface area contributed by atoms with Gasteiger partial charge in [0.1, 0.15) is 5.82 Å². The Kier molecular flexibility index (Phi) is 3.29. The largest absolute Gasteiger partial charge is 0.331 e. The van der Waals surface area contributed by atoms with Crippen LogP contribution in [0.1, 0.15) is 12.8 Å². The number of rotatable bonds is 2. The third-order valence-corrected chi connectivity index (χ3v) is 3.76. The molecule has 0 heterocycles. The van der Waals surface area contributed by atoms with Gasteiger partial charge in [-0.3, -0.25) is 5.43 Å². The molecule has 0 unspecified atom stereocenters. The molecule has 0 saturated heterocycles. The summed E-state index contributed by atoms with van der Waals surface area (Å²) in [6.45, 7) is 0. The van der Waals surface area contributed by atoms with Gasteiger partial charge in [-0.2, -0.15) is 5.10 Å². The van der Waals surface area contributed by atoms with Crippen molar-refractivity contribution in [3.63, 3.8) is 0 Å². The summed E-state index contributed by atoms with van der Waals surface area (Å²) in [7, 11) is 0. The van der Waals surface area contributed by atoms with E-state index in [0.717, 1.165) is 18.5 Å². The van der Waals surface area contributed by atoms with Gasteiger partial charge in [0, 0.05) is 17.3 Å². The van der Waals surface area contributed by atoms with Crippen molar-refractivity contribution in [1.82, 2.24) is 5.43 Å². The van der Waals surface area contributed by atoms with E-state index in [0.29, 0.717) is 16.9 Å². The summed E-state index contributed by atoms with van der Waals surface area (Å²) in [6, 6.07) is 6.04. The summed E-state index contributed by atoms with van der Waals surface area (Å²) < 4.78 is 12.8. The fourth-order valence-corrected chi connectivity index (χ4v) is 2.64. The predicted molar refractivity (Wildman–Crippen MR) is 78.5 cm³/mol. The van der Waals surface area contributed by atoms with Crippen molar-refractivity contribution in [2.24, 2.45) is 16.9 Å². The molecule has 1 aromatic carbocycles. The number of nitrogens with zero attached hydrogens (tertiary/aromatic N) is 1. The fourth-order valence-electron chi connectivity index (χ4n) is 2.48. The lowest BCUT2D eigenvalue weighted by Crippen LogP contribution is -2.36. The van der Waals surface area contributed by atoms with Crippen LogP contribution in [0.15, 0.2) is 41.5 Å². The summed E-state index contributed by atoms with van der Waals surface area (Å²) in [5, 5.41) is 7.72. The lowest BCUT2D eigenvalue weighted by Gasteiger charge is -2.31. The van der Waals surface area contributed by atoms with Gasteiger partial charge in [-0.25, -0.2) is 4.39 Å². The Labute approximate surface area is 116 Å². The molecule has 3 nitrogen and oxygen atoms in total. The fraction of sp³-hybridized carbons (Fsp3) is 0.286. The van der Waals surface area contributed by atoms with Gasteiger partial charge in [0.2, 0.25) is 0 Å². The molecule has 2 N–H and O–H groups in total. The normalized spacial score (nSPS) is 25.8. The Balaban J connectivity index is 1.52. The number of halogens is 1. The van der Waals surface area contributed by atoms with E-state index in [2.05, 4.69) is 28.0 Å². The number of benzene rings is 1. The zero-order valence-corrected chi connectivity index (χ0v) is 11.1. The highest BCUT2D eigenvalue weighted by atomic mass is 32.1. The standard InChI is InChI=1S/C14H14FN3S/c15-10-4-6-11(7-5-10)16-14(19)18-17-13-8-9-2-1-3-12(9)13/h1-2,4-7,9,12H,3,8H2,(H2,16,18,19)/b17-13-/t9-,12+/m0/s1. The van der Waals surface area contributed by atoms with Crippen molar-refractivity contribution in [3.05, 3.63) is 42.2 Å². The van der Waals surface area contributed by atoms with E-state index in [1.807, 2.05) is 0 Å². The molecule has 0 spiro atoms. The second-order valence-corrected chi connectivity index (χ2v) is 5.22. The van der Waals surface area contributed by atoms with Gasteiger partial charge in [0.05, 0.1) is 0 Å². The molecule has 0 amide bonds. The van der Waals surface area contributed by atoms with Crippen molar-refractivity contribution in [3.8, 4) is 0 Å². The average molecular weight is 275 g/mol. The van der Waals surface area contributed by atoms with E-state index in [4.69, 9.17) is 12.2 Å². The third-order valence-electron chi connectivity index (χ3n) is 3.57. The monoisotopic (exact) mass is 275 g/mol. The van der Waals surface area contributed by atoms with Crippen LogP contribution in [0.3, 0.4) is 0 Å². The molecule has 1 saturated carbocycles. The van der Waals surface area contributed by atoms with Crippen LogP contribution in [0.4, 0.5) is 10.1 Å². The molecule has 1 aromatic rings. The number of anilines is 1. The molecule has 2 aliphatic rings. The van der Waals surface area contributed by atoms with E-state index in [1.165, 1.54) is 17.8 Å². The van der Waals surface area contributed by atoms with Crippen molar-refractivity contribution >= 4 is 28.7 Å². The van der Waals surface area contributed by atoms with Crippen LogP contribution in [0.25, 0.3) is 0 Å². The van der Waals surface area contributed by atoms with Gasteiger partial charge in [0.15, 0.2) is 5.11 Å². The van der Waals surface area contributed by atoms with Gasteiger partial charge in [-0.05, 0) is 55.2 Å². The van der Waals surface area contributed by atoms with Crippen LogP contribution < -0.4 is 10.7 Å². The Bertz CT molecular complexity index is 550. The maximum absolute atomic E-state index is 12.8. The summed E-state index contributed by atoms with van der Waals surface area (Å²) in [4.78, 5) is 0. The summed E-state index contributed by atoms with van der Waals surface area (Å²) in [6.07, 6.45) is 6.59. The Morgan fingerprint density at radius 1 is 1.32 bits per heavy atom. The van der Waals surface area contributed by atoms with Crippen molar-refractivity contribution in [2.45, 2.75) is 12.8 Å². The molecule has 2 atom stereocenters. The first-order valence-electron chi connectivity index (χ1n) is 6.28. The first-order chi connectivity index (χ1) is 9.22. The van der Waals surface area contributed by atoms with Gasteiger partial charge >= 0.3 is 0 Å². The average Bonchev–Trinajstić information content (AvgIpc) is 2.74. The minimum atomic E-state index is -0.265. The van der Waals surface area contributed by atoms with Gasteiger partial charge in [-0.15, -0.1) is 0 Å². The second kappa shape index (κ2) is 5.09. The highest BCUT2D eigenvalue weighted by molar-refractivity contribution is 7.80. The second-order valence-electron chi connectivity index (χ2n) is 4.81. The van der Waals surface area contributed by atoms with Crippen molar-refractivity contribution in [2.75, 3.05) is 5.32 Å². The molecule has 2 aliphatic carbocycles. The molecule has 3 rings (SSSR count). The Hall–Kier alpha value is -1.75. The smallest absolute Gasteiger partial charge is 0.191 e.